The highest BCUT2D eigenvalue weighted by Crippen LogP contribution is 2.43. The Morgan fingerprint density at radius 1 is 0.767 bits per heavy atom. The molecule has 4 rings (SSSR count). The summed E-state index contributed by atoms with van der Waals surface area (Å²) in [6.45, 7) is 4.81. The molecule has 0 unspecified atom stereocenters. The molecule has 2 aromatic rings. The van der Waals surface area contributed by atoms with Gasteiger partial charge in [-0.2, -0.15) is 0 Å². The number of carbonyl (C=O) groups is 2. The Balaban J connectivity index is 1.87. The number of esters is 2. The Bertz CT molecular complexity index is 873. The van der Waals surface area contributed by atoms with E-state index in [1.165, 1.54) is 0 Å². The van der Waals surface area contributed by atoms with Crippen molar-refractivity contribution in [3.05, 3.63) is 36.4 Å². The number of carbonyl (C=O) groups excluding carboxylic acids is 2. The highest BCUT2D eigenvalue weighted by molar-refractivity contribution is 5.89. The van der Waals surface area contributed by atoms with Crippen LogP contribution < -0.4 is 18.9 Å². The molecule has 1 fully saturated rings. The molecule has 0 N–H and O–H groups in total. The summed E-state index contributed by atoms with van der Waals surface area (Å²) in [5.41, 5.74) is 1.24. The van der Waals surface area contributed by atoms with Gasteiger partial charge in [0.2, 0.25) is 0 Å². The van der Waals surface area contributed by atoms with Gasteiger partial charge in [0, 0.05) is 11.1 Å². The average molecular weight is 410 g/mol. The summed E-state index contributed by atoms with van der Waals surface area (Å²) in [6, 6.07) is 10.6. The van der Waals surface area contributed by atoms with Crippen LogP contribution in [0.15, 0.2) is 36.4 Å². The van der Waals surface area contributed by atoms with Crippen LogP contribution in [0.5, 0.6) is 23.0 Å². The van der Waals surface area contributed by atoms with E-state index in [9.17, 15) is 9.59 Å². The van der Waals surface area contributed by atoms with E-state index in [2.05, 4.69) is 0 Å². The van der Waals surface area contributed by atoms with Crippen LogP contribution in [0.3, 0.4) is 0 Å². The Labute approximate surface area is 176 Å². The van der Waals surface area contributed by atoms with E-state index >= 15 is 0 Å². The summed E-state index contributed by atoms with van der Waals surface area (Å²) in [7, 11) is 0. The molecule has 0 saturated heterocycles. The van der Waals surface area contributed by atoms with Crippen molar-refractivity contribution in [2.24, 2.45) is 11.8 Å². The molecule has 2 aromatic carbocycles. The Morgan fingerprint density at radius 3 is 1.60 bits per heavy atom. The summed E-state index contributed by atoms with van der Waals surface area (Å²) in [6.07, 6.45) is 3.05. The van der Waals surface area contributed by atoms with Crippen molar-refractivity contribution < 1.29 is 28.5 Å². The molecule has 2 aliphatic rings. The number of benzene rings is 2. The largest absolute Gasteiger partial charge is 0.494 e. The normalized spacial score (nSPS) is 20.7. The van der Waals surface area contributed by atoms with Gasteiger partial charge in [0.1, 0.15) is 23.0 Å². The van der Waals surface area contributed by atoms with Crippen molar-refractivity contribution in [2.45, 2.75) is 39.5 Å². The Morgan fingerprint density at radius 2 is 1.20 bits per heavy atom. The van der Waals surface area contributed by atoms with Crippen molar-refractivity contribution >= 4 is 11.9 Å². The Hall–Kier alpha value is -3.02. The summed E-state index contributed by atoms with van der Waals surface area (Å²) in [5.74, 6) is 0.363. The van der Waals surface area contributed by atoms with Crippen LogP contribution >= 0.6 is 0 Å². The zero-order chi connectivity index (χ0) is 21.1. The molecule has 1 saturated carbocycles. The number of hydrogen-bond acceptors (Lipinski definition) is 6. The first kappa shape index (κ1) is 20.3. The molecule has 0 radical (unpaired) electrons. The van der Waals surface area contributed by atoms with Gasteiger partial charge in [-0.15, -0.1) is 0 Å². The fourth-order valence-electron chi connectivity index (χ4n) is 4.19. The van der Waals surface area contributed by atoms with Gasteiger partial charge in [-0.1, -0.05) is 12.8 Å². The fraction of sp³-hybridized carbons (Fsp3) is 0.417. The van der Waals surface area contributed by atoms with Gasteiger partial charge >= 0.3 is 11.9 Å². The van der Waals surface area contributed by atoms with Crippen molar-refractivity contribution in [1.82, 2.24) is 0 Å². The monoisotopic (exact) mass is 410 g/mol. The van der Waals surface area contributed by atoms with Crippen LogP contribution in [-0.2, 0) is 9.59 Å². The van der Waals surface area contributed by atoms with E-state index in [-0.39, 0.29) is 11.9 Å². The van der Waals surface area contributed by atoms with E-state index in [4.69, 9.17) is 18.9 Å². The Kier molecular flexibility index (Phi) is 5.93. The predicted molar refractivity (Wildman–Crippen MR) is 111 cm³/mol. The highest BCUT2D eigenvalue weighted by Gasteiger charge is 2.39. The first-order valence-electron chi connectivity index (χ1n) is 10.6. The average Bonchev–Trinajstić information content (AvgIpc) is 2.75. The van der Waals surface area contributed by atoms with Gasteiger partial charge in [0.15, 0.2) is 0 Å². The first-order valence-corrected chi connectivity index (χ1v) is 10.6. The van der Waals surface area contributed by atoms with Crippen LogP contribution in [0, 0.1) is 11.8 Å². The molecular weight excluding hydrogens is 384 g/mol. The molecule has 6 nitrogen and oxygen atoms in total. The smallest absolute Gasteiger partial charge is 0.315 e. The maximum Gasteiger partial charge on any atom is 0.315 e. The summed E-state index contributed by atoms with van der Waals surface area (Å²) >= 11 is 0. The minimum atomic E-state index is -0.491. The van der Waals surface area contributed by atoms with Gasteiger partial charge in [0.25, 0.3) is 0 Å². The van der Waals surface area contributed by atoms with Crippen LogP contribution in [0.4, 0.5) is 0 Å². The zero-order valence-electron chi connectivity index (χ0n) is 17.3. The van der Waals surface area contributed by atoms with Crippen molar-refractivity contribution in [3.8, 4) is 34.1 Å². The summed E-state index contributed by atoms with van der Waals surface area (Å²) in [4.78, 5) is 26.0. The molecule has 0 bridgehead atoms. The first-order chi connectivity index (χ1) is 14.6. The third-order valence-corrected chi connectivity index (χ3v) is 5.61. The van der Waals surface area contributed by atoms with Gasteiger partial charge in [-0.25, -0.2) is 0 Å². The molecule has 158 valence electrons. The number of rotatable bonds is 4. The van der Waals surface area contributed by atoms with E-state index in [1.807, 2.05) is 13.8 Å². The molecule has 1 aliphatic heterocycles. The quantitative estimate of drug-likeness (QED) is 0.534. The molecule has 0 aromatic heterocycles. The zero-order valence-corrected chi connectivity index (χ0v) is 17.3. The minimum Gasteiger partial charge on any atom is -0.494 e. The second kappa shape index (κ2) is 8.78. The number of hydrogen-bond donors (Lipinski definition) is 0. The lowest BCUT2D eigenvalue weighted by Gasteiger charge is -2.30. The van der Waals surface area contributed by atoms with Gasteiger partial charge < -0.3 is 18.9 Å². The second-order valence-electron chi connectivity index (χ2n) is 7.52. The highest BCUT2D eigenvalue weighted by atomic mass is 16.5. The fourth-order valence-corrected chi connectivity index (χ4v) is 4.19. The summed E-state index contributed by atoms with van der Waals surface area (Å²) < 4.78 is 23.0. The third-order valence-electron chi connectivity index (χ3n) is 5.61. The molecule has 2 atom stereocenters. The molecule has 0 spiro atoms. The van der Waals surface area contributed by atoms with Crippen LogP contribution in [-0.4, -0.2) is 25.2 Å². The van der Waals surface area contributed by atoms with E-state index in [0.29, 0.717) is 60.2 Å². The maximum absolute atomic E-state index is 13.0. The van der Waals surface area contributed by atoms with Gasteiger partial charge in [-0.05, 0) is 63.1 Å². The SMILES string of the molecule is CCOc1ccc2c(c1)-c1cc(OCC)ccc1OC(=O)[C@H]1CCCC[C@@H]1C(=O)O2. The van der Waals surface area contributed by atoms with Crippen LogP contribution in [0.2, 0.25) is 0 Å². The maximum atomic E-state index is 13.0. The number of fused-ring (bicyclic) bond motifs is 4. The van der Waals surface area contributed by atoms with E-state index < -0.39 is 11.8 Å². The standard InChI is InChI=1S/C24H26O6/c1-3-27-15-9-11-21-19(13-15)20-14-16(28-4-2)10-12-22(20)30-24(26)18-8-6-5-7-17(18)23(25)29-21/h9-14,17-18H,3-8H2,1-2H3/t17-,18-/m0/s1. The van der Waals surface area contributed by atoms with Crippen molar-refractivity contribution in [3.63, 3.8) is 0 Å². The van der Waals surface area contributed by atoms with Gasteiger partial charge in [-0.3, -0.25) is 9.59 Å². The van der Waals surface area contributed by atoms with E-state index in [0.717, 1.165) is 12.8 Å². The van der Waals surface area contributed by atoms with Crippen molar-refractivity contribution in [2.75, 3.05) is 13.2 Å². The molecule has 1 aliphatic carbocycles. The molecule has 30 heavy (non-hydrogen) atoms. The van der Waals surface area contributed by atoms with Crippen molar-refractivity contribution in [1.29, 1.82) is 0 Å². The second-order valence-corrected chi connectivity index (χ2v) is 7.52. The number of ether oxygens (including phenoxy) is 4. The lowest BCUT2D eigenvalue weighted by atomic mass is 9.79. The molecular formula is C24H26O6. The third kappa shape index (κ3) is 3.99. The van der Waals surface area contributed by atoms with E-state index in [1.54, 1.807) is 36.4 Å². The molecule has 0 amide bonds. The predicted octanol–water partition coefficient (Wildman–Crippen LogP) is 4.78. The molecule has 1 heterocycles. The summed E-state index contributed by atoms with van der Waals surface area (Å²) in [5, 5.41) is 0. The lowest BCUT2D eigenvalue weighted by molar-refractivity contribution is -0.152. The lowest BCUT2D eigenvalue weighted by Crippen LogP contribution is -2.37. The molecule has 6 heteroatoms. The van der Waals surface area contributed by atoms with Gasteiger partial charge in [0.05, 0.1) is 25.0 Å². The van der Waals surface area contributed by atoms with Crippen LogP contribution in [0.1, 0.15) is 39.5 Å². The minimum absolute atomic E-state index is 0.383. The topological polar surface area (TPSA) is 71.1 Å². The van der Waals surface area contributed by atoms with Crippen LogP contribution in [0.25, 0.3) is 11.1 Å².